The molecule has 0 aromatic heterocycles. The maximum Gasteiger partial charge on any atom is 0.250 e. The number of piperidine rings is 1. The lowest BCUT2D eigenvalue weighted by Gasteiger charge is -2.28. The van der Waals surface area contributed by atoms with Crippen molar-refractivity contribution in [2.75, 3.05) is 26.2 Å². The third-order valence-electron chi connectivity index (χ3n) is 2.98. The van der Waals surface area contributed by atoms with Crippen molar-refractivity contribution >= 4 is 5.91 Å². The number of nitrogens with zero attached hydrogens (tertiary/aromatic N) is 1. The van der Waals surface area contributed by atoms with Crippen LogP contribution in [0, 0.1) is 0 Å². The normalized spacial score (nSPS) is 18.5. The van der Waals surface area contributed by atoms with E-state index in [4.69, 9.17) is 5.73 Å². The predicted octanol–water partition coefficient (Wildman–Crippen LogP) is 0.571. The van der Waals surface area contributed by atoms with E-state index in [0.29, 0.717) is 0 Å². The number of hydrogen-bond acceptors (Lipinski definition) is 3. The van der Waals surface area contributed by atoms with Crippen molar-refractivity contribution in [1.82, 2.24) is 10.2 Å². The highest BCUT2D eigenvalue weighted by molar-refractivity contribution is 5.76. The molecular weight excluding hydrogens is 228 g/mol. The van der Waals surface area contributed by atoms with Gasteiger partial charge in [0.25, 0.3) is 6.43 Å². The van der Waals surface area contributed by atoms with Crippen molar-refractivity contribution in [3.05, 3.63) is 0 Å². The summed E-state index contributed by atoms with van der Waals surface area (Å²) in [6, 6.07) is -0.349. The molecule has 0 aliphatic carbocycles. The number of carbonyl (C=O) groups is 1. The quantitative estimate of drug-likeness (QED) is 0.723. The molecule has 1 unspecified atom stereocenters. The Balaban J connectivity index is 2.30. The lowest BCUT2D eigenvalue weighted by Crippen LogP contribution is -2.44. The Morgan fingerprint density at radius 1 is 1.29 bits per heavy atom. The molecule has 1 aliphatic rings. The Hall–Kier alpha value is -0.750. The fraction of sp³-hybridized carbons (Fsp3) is 0.909. The molecule has 6 heteroatoms. The van der Waals surface area contributed by atoms with Gasteiger partial charge in [-0.05, 0) is 19.3 Å². The number of halogens is 2. The molecule has 1 saturated heterocycles. The van der Waals surface area contributed by atoms with Crippen LogP contribution in [-0.2, 0) is 4.79 Å². The monoisotopic (exact) mass is 249 g/mol. The van der Waals surface area contributed by atoms with Gasteiger partial charge in [-0.15, -0.1) is 0 Å². The number of amides is 1. The molecule has 1 atom stereocenters. The first kappa shape index (κ1) is 14.3. The highest BCUT2D eigenvalue weighted by atomic mass is 19.3. The van der Waals surface area contributed by atoms with Gasteiger partial charge in [0.15, 0.2) is 0 Å². The molecule has 1 rings (SSSR count). The third kappa shape index (κ3) is 5.41. The largest absolute Gasteiger partial charge is 0.343 e. The Bertz CT molecular complexity index is 233. The van der Waals surface area contributed by atoms with Crippen molar-refractivity contribution in [2.24, 2.45) is 5.73 Å². The fourth-order valence-corrected chi connectivity index (χ4v) is 1.98. The van der Waals surface area contributed by atoms with Crippen LogP contribution in [0.4, 0.5) is 8.78 Å². The average molecular weight is 249 g/mol. The average Bonchev–Trinajstić information content (AvgIpc) is 2.35. The molecule has 1 amide bonds. The van der Waals surface area contributed by atoms with Gasteiger partial charge in [0.2, 0.25) is 5.91 Å². The Morgan fingerprint density at radius 2 is 1.94 bits per heavy atom. The van der Waals surface area contributed by atoms with Gasteiger partial charge in [0, 0.05) is 32.1 Å². The second-order valence-electron chi connectivity index (χ2n) is 4.38. The highest BCUT2D eigenvalue weighted by Gasteiger charge is 2.20. The van der Waals surface area contributed by atoms with E-state index in [0.717, 1.165) is 32.4 Å². The number of carbonyl (C=O) groups excluding carboxylic acids is 1. The van der Waals surface area contributed by atoms with Gasteiger partial charge >= 0.3 is 0 Å². The molecule has 4 nitrogen and oxygen atoms in total. The van der Waals surface area contributed by atoms with Crippen LogP contribution in [0.5, 0.6) is 0 Å². The Kier molecular flexibility index (Phi) is 6.36. The molecule has 17 heavy (non-hydrogen) atoms. The van der Waals surface area contributed by atoms with Crippen molar-refractivity contribution in [2.45, 2.75) is 38.2 Å². The molecule has 100 valence electrons. The van der Waals surface area contributed by atoms with Crippen LogP contribution in [0.2, 0.25) is 0 Å². The van der Waals surface area contributed by atoms with Crippen molar-refractivity contribution < 1.29 is 13.6 Å². The van der Waals surface area contributed by atoms with Gasteiger partial charge in [-0.3, -0.25) is 4.79 Å². The number of hydrogen-bond donors (Lipinski definition) is 2. The van der Waals surface area contributed by atoms with Gasteiger partial charge in [-0.2, -0.15) is 0 Å². The lowest BCUT2D eigenvalue weighted by molar-refractivity contribution is -0.132. The highest BCUT2D eigenvalue weighted by Crippen LogP contribution is 2.10. The maximum absolute atomic E-state index is 12.0. The van der Waals surface area contributed by atoms with Crippen molar-refractivity contribution in [3.63, 3.8) is 0 Å². The molecule has 1 heterocycles. The summed E-state index contributed by atoms with van der Waals surface area (Å²) in [6.45, 7) is 1.36. The molecule has 1 fully saturated rings. The lowest BCUT2D eigenvalue weighted by atomic mass is 10.1. The van der Waals surface area contributed by atoms with Gasteiger partial charge < -0.3 is 16.0 Å². The molecular formula is C11H21F2N3O. The van der Waals surface area contributed by atoms with Crippen LogP contribution in [0.15, 0.2) is 0 Å². The minimum atomic E-state index is -2.41. The zero-order valence-corrected chi connectivity index (χ0v) is 10.0. The summed E-state index contributed by atoms with van der Waals surface area (Å²) in [7, 11) is 0. The minimum absolute atomic E-state index is 0.0157. The fourth-order valence-electron chi connectivity index (χ4n) is 1.98. The van der Waals surface area contributed by atoms with E-state index in [9.17, 15) is 13.6 Å². The van der Waals surface area contributed by atoms with E-state index >= 15 is 0 Å². The van der Waals surface area contributed by atoms with E-state index < -0.39 is 13.0 Å². The van der Waals surface area contributed by atoms with Crippen molar-refractivity contribution in [1.29, 1.82) is 0 Å². The van der Waals surface area contributed by atoms with E-state index in [2.05, 4.69) is 5.32 Å². The van der Waals surface area contributed by atoms with E-state index in [-0.39, 0.29) is 24.9 Å². The summed E-state index contributed by atoms with van der Waals surface area (Å²) >= 11 is 0. The standard InChI is InChI=1S/C11H21F2N3O/c12-10(13)8-15-9(7-14)6-11(17)16-4-2-1-3-5-16/h9-10,15H,1-8,14H2. The summed E-state index contributed by atoms with van der Waals surface area (Å²) in [6.07, 6.45) is 1.03. The topological polar surface area (TPSA) is 58.4 Å². The zero-order chi connectivity index (χ0) is 12.7. The van der Waals surface area contributed by atoms with Crippen LogP contribution >= 0.6 is 0 Å². The first-order valence-electron chi connectivity index (χ1n) is 6.13. The smallest absolute Gasteiger partial charge is 0.250 e. The molecule has 0 radical (unpaired) electrons. The van der Waals surface area contributed by atoms with Crippen LogP contribution in [0.1, 0.15) is 25.7 Å². The van der Waals surface area contributed by atoms with Crippen LogP contribution in [0.25, 0.3) is 0 Å². The van der Waals surface area contributed by atoms with Crippen LogP contribution in [0.3, 0.4) is 0 Å². The molecule has 0 aromatic carbocycles. The van der Waals surface area contributed by atoms with Crippen LogP contribution < -0.4 is 11.1 Å². The summed E-state index contributed by atoms with van der Waals surface area (Å²) in [5.41, 5.74) is 5.46. The van der Waals surface area contributed by atoms with Crippen molar-refractivity contribution in [3.8, 4) is 0 Å². The van der Waals surface area contributed by atoms with Gasteiger partial charge in [-0.25, -0.2) is 8.78 Å². The van der Waals surface area contributed by atoms with Crippen LogP contribution in [-0.4, -0.2) is 49.5 Å². The number of rotatable bonds is 6. The molecule has 0 aromatic rings. The first-order chi connectivity index (χ1) is 8.13. The van der Waals surface area contributed by atoms with E-state index in [1.54, 1.807) is 4.90 Å². The van der Waals surface area contributed by atoms with Gasteiger partial charge in [-0.1, -0.05) is 0 Å². The van der Waals surface area contributed by atoms with Gasteiger partial charge in [0.05, 0.1) is 6.54 Å². The Labute approximate surface area is 101 Å². The SMILES string of the molecule is NCC(CC(=O)N1CCCCC1)NCC(F)F. The van der Waals surface area contributed by atoms with Gasteiger partial charge in [0.1, 0.15) is 0 Å². The second-order valence-corrected chi connectivity index (χ2v) is 4.38. The number of likely N-dealkylation sites (tertiary alicyclic amines) is 1. The number of nitrogens with one attached hydrogen (secondary N) is 1. The molecule has 0 saturated carbocycles. The maximum atomic E-state index is 12.0. The third-order valence-corrected chi connectivity index (χ3v) is 2.98. The summed E-state index contributed by atoms with van der Waals surface area (Å²) in [5.74, 6) is 0.0157. The second kappa shape index (κ2) is 7.55. The number of alkyl halides is 2. The van der Waals surface area contributed by atoms with E-state index in [1.807, 2.05) is 0 Å². The predicted molar refractivity (Wildman–Crippen MR) is 61.9 cm³/mol. The molecule has 1 aliphatic heterocycles. The zero-order valence-electron chi connectivity index (χ0n) is 10.0. The molecule has 3 N–H and O–H groups in total. The molecule has 0 bridgehead atoms. The first-order valence-corrected chi connectivity index (χ1v) is 6.13. The van der Waals surface area contributed by atoms with E-state index in [1.165, 1.54) is 0 Å². The summed E-state index contributed by atoms with van der Waals surface area (Å²) < 4.78 is 24.0. The summed E-state index contributed by atoms with van der Waals surface area (Å²) in [4.78, 5) is 13.7. The Morgan fingerprint density at radius 3 is 2.47 bits per heavy atom. The number of nitrogens with two attached hydrogens (primary N) is 1. The minimum Gasteiger partial charge on any atom is -0.343 e. The molecule has 0 spiro atoms. The summed E-state index contributed by atoms with van der Waals surface area (Å²) in [5, 5.41) is 2.62.